The van der Waals surface area contributed by atoms with Gasteiger partial charge >= 0.3 is 0 Å². The molecule has 0 fully saturated rings. The largest absolute Gasteiger partial charge is 0.351 e. The first-order valence-corrected chi connectivity index (χ1v) is 5.87. The Bertz CT molecular complexity index is 696. The number of aromatic nitrogens is 3. The minimum atomic E-state index is -0.202. The van der Waals surface area contributed by atoms with E-state index < -0.39 is 0 Å². The molecule has 2 heterocycles. The smallest absolute Gasteiger partial charge is 0.268 e. The number of benzene rings is 1. The number of nitrogens with zero attached hydrogens (tertiary/aromatic N) is 2. The van der Waals surface area contributed by atoms with Gasteiger partial charge in [-0.25, -0.2) is 0 Å². The van der Waals surface area contributed by atoms with Crippen molar-refractivity contribution in [2.24, 2.45) is 0 Å². The molecular formula is C13H12N4O2. The third-order valence-corrected chi connectivity index (χ3v) is 2.74. The Balaban J connectivity index is 1.73. The van der Waals surface area contributed by atoms with Crippen LogP contribution in [-0.2, 0) is 6.54 Å². The number of fused-ring (bicyclic) bond motifs is 1. The number of carbonyl (C=O) groups excluding carboxylic acids is 1. The number of H-pyrrole nitrogens is 1. The quantitative estimate of drug-likeness (QED) is 0.748. The van der Waals surface area contributed by atoms with Gasteiger partial charge in [-0.3, -0.25) is 4.79 Å². The molecule has 6 nitrogen and oxygen atoms in total. The molecule has 0 aliphatic rings. The summed E-state index contributed by atoms with van der Waals surface area (Å²) in [4.78, 5) is 19.0. The van der Waals surface area contributed by atoms with E-state index in [0.717, 1.165) is 10.9 Å². The average molecular weight is 256 g/mol. The van der Waals surface area contributed by atoms with Gasteiger partial charge in [0.05, 0.1) is 6.54 Å². The molecule has 2 N–H and O–H groups in total. The summed E-state index contributed by atoms with van der Waals surface area (Å²) in [6.07, 6.45) is 0. The molecule has 3 aromatic rings. The normalized spacial score (nSPS) is 10.8. The van der Waals surface area contributed by atoms with Crippen molar-refractivity contribution in [2.75, 3.05) is 0 Å². The Hall–Kier alpha value is -2.63. The van der Waals surface area contributed by atoms with Crippen LogP contribution in [0.15, 0.2) is 34.9 Å². The first-order valence-electron chi connectivity index (χ1n) is 5.87. The van der Waals surface area contributed by atoms with Crippen molar-refractivity contribution >= 4 is 16.8 Å². The SMILES string of the molecule is Cc1noc(CNC(=O)c2cc3ccccc3[nH]2)n1. The molecule has 0 atom stereocenters. The van der Waals surface area contributed by atoms with Crippen molar-refractivity contribution in [3.05, 3.63) is 47.7 Å². The van der Waals surface area contributed by atoms with Crippen molar-refractivity contribution in [3.8, 4) is 0 Å². The second-order valence-corrected chi connectivity index (χ2v) is 4.19. The van der Waals surface area contributed by atoms with Crippen molar-refractivity contribution in [1.29, 1.82) is 0 Å². The van der Waals surface area contributed by atoms with Gasteiger partial charge in [-0.1, -0.05) is 23.4 Å². The van der Waals surface area contributed by atoms with E-state index in [9.17, 15) is 4.79 Å². The zero-order valence-corrected chi connectivity index (χ0v) is 10.3. The molecule has 0 aliphatic carbocycles. The number of carbonyl (C=O) groups is 1. The van der Waals surface area contributed by atoms with E-state index >= 15 is 0 Å². The molecule has 0 saturated heterocycles. The van der Waals surface area contributed by atoms with Crippen molar-refractivity contribution in [2.45, 2.75) is 13.5 Å². The van der Waals surface area contributed by atoms with E-state index in [1.807, 2.05) is 30.3 Å². The maximum atomic E-state index is 12.0. The fourth-order valence-electron chi connectivity index (χ4n) is 1.86. The fourth-order valence-corrected chi connectivity index (χ4v) is 1.86. The zero-order chi connectivity index (χ0) is 13.2. The second kappa shape index (κ2) is 4.56. The van der Waals surface area contributed by atoms with Crippen LogP contribution < -0.4 is 5.32 Å². The van der Waals surface area contributed by atoms with Crippen LogP contribution in [0, 0.1) is 6.92 Å². The van der Waals surface area contributed by atoms with Gasteiger partial charge < -0.3 is 14.8 Å². The lowest BCUT2D eigenvalue weighted by molar-refractivity contribution is 0.0942. The molecule has 0 bridgehead atoms. The molecule has 19 heavy (non-hydrogen) atoms. The summed E-state index contributed by atoms with van der Waals surface area (Å²) < 4.78 is 4.92. The highest BCUT2D eigenvalue weighted by Gasteiger charge is 2.10. The van der Waals surface area contributed by atoms with E-state index in [4.69, 9.17) is 4.52 Å². The van der Waals surface area contributed by atoms with Crippen LogP contribution in [0.1, 0.15) is 22.2 Å². The lowest BCUT2D eigenvalue weighted by Gasteiger charge is -1.98. The van der Waals surface area contributed by atoms with Gasteiger partial charge in [0.25, 0.3) is 5.91 Å². The molecule has 2 aromatic heterocycles. The number of aryl methyl sites for hydroxylation is 1. The second-order valence-electron chi connectivity index (χ2n) is 4.19. The summed E-state index contributed by atoms with van der Waals surface area (Å²) in [5.41, 5.74) is 1.44. The highest BCUT2D eigenvalue weighted by Crippen LogP contribution is 2.14. The molecule has 0 spiro atoms. The van der Waals surface area contributed by atoms with Crippen LogP contribution >= 0.6 is 0 Å². The van der Waals surface area contributed by atoms with Gasteiger partial charge in [0.15, 0.2) is 5.82 Å². The standard InChI is InChI=1S/C13H12N4O2/c1-8-15-12(19-17-8)7-14-13(18)11-6-9-4-2-3-5-10(9)16-11/h2-6,16H,7H2,1H3,(H,14,18). The van der Waals surface area contributed by atoms with Gasteiger partial charge in [-0.15, -0.1) is 0 Å². The highest BCUT2D eigenvalue weighted by molar-refractivity contribution is 5.97. The van der Waals surface area contributed by atoms with Crippen molar-refractivity contribution in [3.63, 3.8) is 0 Å². The lowest BCUT2D eigenvalue weighted by Crippen LogP contribution is -2.23. The van der Waals surface area contributed by atoms with Crippen LogP contribution in [-0.4, -0.2) is 21.0 Å². The van der Waals surface area contributed by atoms with Crippen LogP contribution in [0.25, 0.3) is 10.9 Å². The van der Waals surface area contributed by atoms with Crippen molar-refractivity contribution < 1.29 is 9.32 Å². The summed E-state index contributed by atoms with van der Waals surface area (Å²) in [7, 11) is 0. The molecule has 6 heteroatoms. The van der Waals surface area contributed by atoms with E-state index in [0.29, 0.717) is 17.4 Å². The molecule has 0 radical (unpaired) electrons. The van der Waals surface area contributed by atoms with Gasteiger partial charge in [-0.05, 0) is 19.1 Å². The Morgan fingerprint density at radius 1 is 1.42 bits per heavy atom. The molecule has 0 saturated carbocycles. The molecular weight excluding hydrogens is 244 g/mol. The van der Waals surface area contributed by atoms with E-state index in [2.05, 4.69) is 20.4 Å². The molecule has 3 rings (SSSR count). The predicted octanol–water partition coefficient (Wildman–Crippen LogP) is 1.79. The Kier molecular flexibility index (Phi) is 2.75. The van der Waals surface area contributed by atoms with Gasteiger partial charge in [0.1, 0.15) is 5.69 Å². The Labute approximate surface area is 108 Å². The van der Waals surface area contributed by atoms with Crippen LogP contribution in [0.4, 0.5) is 0 Å². The molecule has 1 amide bonds. The number of aromatic amines is 1. The number of hydrogen-bond donors (Lipinski definition) is 2. The number of hydrogen-bond acceptors (Lipinski definition) is 4. The van der Waals surface area contributed by atoms with Gasteiger partial charge in [0, 0.05) is 10.9 Å². The van der Waals surface area contributed by atoms with Crippen LogP contribution in [0.5, 0.6) is 0 Å². The Morgan fingerprint density at radius 2 is 2.26 bits per heavy atom. The molecule has 1 aromatic carbocycles. The first kappa shape index (κ1) is 11.5. The lowest BCUT2D eigenvalue weighted by atomic mass is 10.2. The average Bonchev–Trinajstić information content (AvgIpc) is 3.01. The summed E-state index contributed by atoms with van der Waals surface area (Å²) in [6, 6.07) is 9.53. The topological polar surface area (TPSA) is 83.8 Å². The zero-order valence-electron chi connectivity index (χ0n) is 10.3. The summed E-state index contributed by atoms with van der Waals surface area (Å²) in [6.45, 7) is 1.95. The molecule has 0 unspecified atom stereocenters. The minimum Gasteiger partial charge on any atom is -0.351 e. The van der Waals surface area contributed by atoms with E-state index in [1.54, 1.807) is 6.92 Å². The van der Waals surface area contributed by atoms with Crippen LogP contribution in [0.2, 0.25) is 0 Å². The molecule has 96 valence electrons. The Morgan fingerprint density at radius 3 is 3.00 bits per heavy atom. The summed E-state index contributed by atoms with van der Waals surface area (Å²) >= 11 is 0. The monoisotopic (exact) mass is 256 g/mol. The van der Waals surface area contributed by atoms with E-state index in [-0.39, 0.29) is 12.5 Å². The number of nitrogens with one attached hydrogen (secondary N) is 2. The first-order chi connectivity index (χ1) is 9.22. The van der Waals surface area contributed by atoms with Crippen molar-refractivity contribution in [1.82, 2.24) is 20.4 Å². The van der Waals surface area contributed by atoms with E-state index in [1.165, 1.54) is 0 Å². The number of para-hydroxylation sites is 1. The third-order valence-electron chi connectivity index (χ3n) is 2.74. The highest BCUT2D eigenvalue weighted by atomic mass is 16.5. The number of rotatable bonds is 3. The molecule has 0 aliphatic heterocycles. The van der Waals surface area contributed by atoms with Gasteiger partial charge in [0.2, 0.25) is 5.89 Å². The summed E-state index contributed by atoms with van der Waals surface area (Å²) in [5.74, 6) is 0.740. The predicted molar refractivity (Wildman–Crippen MR) is 68.5 cm³/mol. The summed E-state index contributed by atoms with van der Waals surface area (Å²) in [5, 5.41) is 7.38. The maximum absolute atomic E-state index is 12.0. The van der Waals surface area contributed by atoms with Gasteiger partial charge in [-0.2, -0.15) is 4.98 Å². The fraction of sp³-hybridized carbons (Fsp3) is 0.154. The maximum Gasteiger partial charge on any atom is 0.268 e. The van der Waals surface area contributed by atoms with Crippen LogP contribution in [0.3, 0.4) is 0 Å². The third kappa shape index (κ3) is 2.33. The minimum absolute atomic E-state index is 0.202. The number of amides is 1.